The molecule has 0 fully saturated rings. The number of nitrogens with two attached hydrogens (primary N) is 1. The molecular weight excluding hydrogens is 283 g/mol. The van der Waals surface area contributed by atoms with Crippen molar-refractivity contribution < 1.29 is 4.39 Å². The quantitative estimate of drug-likeness (QED) is 0.835. The van der Waals surface area contributed by atoms with Gasteiger partial charge < -0.3 is 11.1 Å². The lowest BCUT2D eigenvalue weighted by Crippen LogP contribution is -2.12. The van der Waals surface area contributed by atoms with Crippen LogP contribution in [0.2, 0.25) is 5.02 Å². The minimum Gasteiger partial charge on any atom is -0.389 e. The van der Waals surface area contributed by atoms with Crippen LogP contribution in [0.25, 0.3) is 0 Å². The molecule has 2 rings (SSSR count). The summed E-state index contributed by atoms with van der Waals surface area (Å²) in [4.78, 5) is 0.277. The maximum atomic E-state index is 13.3. The second-order valence-electron chi connectivity index (χ2n) is 4.11. The van der Waals surface area contributed by atoms with Crippen LogP contribution >= 0.6 is 23.8 Å². The molecule has 0 aliphatic carbocycles. The maximum absolute atomic E-state index is 13.3. The van der Waals surface area contributed by atoms with Crippen molar-refractivity contribution in [1.82, 2.24) is 0 Å². The van der Waals surface area contributed by atoms with Gasteiger partial charge in [-0.25, -0.2) is 4.39 Å². The topological polar surface area (TPSA) is 38.0 Å². The van der Waals surface area contributed by atoms with Crippen LogP contribution in [0.5, 0.6) is 0 Å². The van der Waals surface area contributed by atoms with Crippen molar-refractivity contribution in [2.24, 2.45) is 5.73 Å². The predicted molar refractivity (Wildman–Crippen MR) is 81.8 cm³/mol. The summed E-state index contributed by atoms with van der Waals surface area (Å²) in [7, 11) is 0. The number of aryl methyl sites for hydroxylation is 1. The Balaban J connectivity index is 2.49. The average molecular weight is 295 g/mol. The number of para-hydroxylation sites is 1. The molecule has 0 unspecified atom stereocenters. The van der Waals surface area contributed by atoms with Crippen LogP contribution in [0, 0.1) is 12.7 Å². The molecule has 0 saturated carbocycles. The van der Waals surface area contributed by atoms with Gasteiger partial charge in [-0.05, 0) is 36.8 Å². The lowest BCUT2D eigenvalue weighted by molar-refractivity contribution is 0.628. The number of thiocarbonyl (C=S) groups is 1. The van der Waals surface area contributed by atoms with Crippen LogP contribution in [-0.2, 0) is 0 Å². The fourth-order valence-electron chi connectivity index (χ4n) is 1.77. The third kappa shape index (κ3) is 3.03. The summed E-state index contributed by atoms with van der Waals surface area (Å²) in [5, 5.41) is 3.52. The van der Waals surface area contributed by atoms with Crippen molar-refractivity contribution in [3.8, 4) is 0 Å². The number of hydrogen-bond acceptors (Lipinski definition) is 2. The number of nitrogens with one attached hydrogen (secondary N) is 1. The number of rotatable bonds is 3. The zero-order valence-corrected chi connectivity index (χ0v) is 11.8. The number of anilines is 2. The third-order valence-electron chi connectivity index (χ3n) is 2.73. The van der Waals surface area contributed by atoms with Gasteiger partial charge in [0, 0.05) is 5.56 Å². The maximum Gasteiger partial charge on any atom is 0.125 e. The van der Waals surface area contributed by atoms with E-state index in [1.54, 1.807) is 0 Å². The van der Waals surface area contributed by atoms with E-state index in [1.165, 1.54) is 18.2 Å². The molecular formula is C14H12ClFN2S. The van der Waals surface area contributed by atoms with E-state index in [1.807, 2.05) is 25.1 Å². The van der Waals surface area contributed by atoms with Gasteiger partial charge in [0.1, 0.15) is 10.8 Å². The molecule has 0 heterocycles. The molecule has 0 atom stereocenters. The molecule has 0 amide bonds. The van der Waals surface area contributed by atoms with Crippen LogP contribution in [0.4, 0.5) is 15.8 Å². The molecule has 0 aliphatic heterocycles. The minimum absolute atomic E-state index is 0.277. The molecule has 19 heavy (non-hydrogen) atoms. The molecule has 3 N–H and O–H groups in total. The second-order valence-corrected chi connectivity index (χ2v) is 4.96. The summed E-state index contributed by atoms with van der Waals surface area (Å²) in [6.45, 7) is 1.91. The Bertz CT molecular complexity index is 643. The Hall–Kier alpha value is -1.65. The van der Waals surface area contributed by atoms with Crippen molar-refractivity contribution in [2.45, 2.75) is 6.92 Å². The first-order valence-electron chi connectivity index (χ1n) is 5.60. The van der Waals surface area contributed by atoms with Gasteiger partial charge in [-0.15, -0.1) is 0 Å². The highest BCUT2D eigenvalue weighted by Crippen LogP contribution is 2.30. The Morgan fingerprint density at radius 1 is 1.32 bits per heavy atom. The summed E-state index contributed by atoms with van der Waals surface area (Å²) in [6.07, 6.45) is 0. The van der Waals surface area contributed by atoms with E-state index in [2.05, 4.69) is 5.32 Å². The average Bonchev–Trinajstić information content (AvgIpc) is 2.35. The number of benzene rings is 2. The molecule has 98 valence electrons. The highest BCUT2D eigenvalue weighted by atomic mass is 35.5. The van der Waals surface area contributed by atoms with E-state index in [0.29, 0.717) is 16.3 Å². The predicted octanol–water partition coefficient (Wildman–Crippen LogP) is 4.17. The van der Waals surface area contributed by atoms with Gasteiger partial charge in [-0.2, -0.15) is 0 Å². The molecule has 2 nitrogen and oxygen atoms in total. The zero-order valence-electron chi connectivity index (χ0n) is 10.2. The van der Waals surface area contributed by atoms with E-state index in [-0.39, 0.29) is 10.8 Å². The van der Waals surface area contributed by atoms with Crippen LogP contribution < -0.4 is 11.1 Å². The van der Waals surface area contributed by atoms with Gasteiger partial charge in [-0.3, -0.25) is 0 Å². The van der Waals surface area contributed by atoms with Crippen molar-refractivity contribution in [1.29, 1.82) is 0 Å². The van der Waals surface area contributed by atoms with Gasteiger partial charge in [0.15, 0.2) is 0 Å². The first-order chi connectivity index (χ1) is 8.99. The smallest absolute Gasteiger partial charge is 0.125 e. The van der Waals surface area contributed by atoms with E-state index in [4.69, 9.17) is 29.6 Å². The monoisotopic (exact) mass is 294 g/mol. The molecule has 0 saturated heterocycles. The lowest BCUT2D eigenvalue weighted by atomic mass is 10.1. The first kappa shape index (κ1) is 13.8. The minimum atomic E-state index is -0.364. The van der Waals surface area contributed by atoms with Crippen LogP contribution in [0.15, 0.2) is 36.4 Å². The molecule has 5 heteroatoms. The highest BCUT2D eigenvalue weighted by molar-refractivity contribution is 7.80. The lowest BCUT2D eigenvalue weighted by Gasteiger charge is -2.15. The van der Waals surface area contributed by atoms with Crippen LogP contribution in [0.1, 0.15) is 11.1 Å². The molecule has 2 aromatic carbocycles. The summed E-state index contributed by atoms with van der Waals surface area (Å²) in [6, 6.07) is 9.72. The van der Waals surface area contributed by atoms with E-state index in [9.17, 15) is 4.39 Å². The van der Waals surface area contributed by atoms with Crippen molar-refractivity contribution in [2.75, 3.05) is 5.32 Å². The fraction of sp³-hybridized carbons (Fsp3) is 0.0714. The van der Waals surface area contributed by atoms with Crippen molar-refractivity contribution >= 4 is 40.2 Å². The molecule has 0 aliphatic rings. The first-order valence-corrected chi connectivity index (χ1v) is 6.39. The van der Waals surface area contributed by atoms with E-state index < -0.39 is 0 Å². The van der Waals surface area contributed by atoms with E-state index >= 15 is 0 Å². The Kier molecular flexibility index (Phi) is 4.02. The normalized spacial score (nSPS) is 10.3. The molecule has 0 bridgehead atoms. The van der Waals surface area contributed by atoms with Crippen molar-refractivity contribution in [3.05, 3.63) is 58.4 Å². The molecule has 2 aromatic rings. The molecule has 0 aromatic heterocycles. The molecule has 0 spiro atoms. The Morgan fingerprint density at radius 2 is 2.05 bits per heavy atom. The Morgan fingerprint density at radius 3 is 2.74 bits per heavy atom. The highest BCUT2D eigenvalue weighted by Gasteiger charge is 2.10. The summed E-state index contributed by atoms with van der Waals surface area (Å²) < 4.78 is 13.3. The van der Waals surface area contributed by atoms with Crippen LogP contribution in [0.3, 0.4) is 0 Å². The van der Waals surface area contributed by atoms with Gasteiger partial charge in [0.2, 0.25) is 0 Å². The Labute approximate surface area is 121 Å². The fourth-order valence-corrected chi connectivity index (χ4v) is 2.10. The standard InChI is InChI=1S/C14H12ClFN2S/c1-8-3-2-4-10(14(17)19)13(8)18-12-7-9(16)5-6-11(12)15/h2-7,18H,1H3,(H2,17,19). The molecule has 0 radical (unpaired) electrons. The van der Waals surface area contributed by atoms with Gasteiger partial charge in [0.05, 0.1) is 16.4 Å². The van der Waals surface area contributed by atoms with Crippen LogP contribution in [-0.4, -0.2) is 4.99 Å². The summed E-state index contributed by atoms with van der Waals surface area (Å²) in [5.74, 6) is -0.364. The SMILES string of the molecule is Cc1cccc(C(N)=S)c1Nc1cc(F)ccc1Cl. The van der Waals surface area contributed by atoms with Crippen molar-refractivity contribution in [3.63, 3.8) is 0 Å². The van der Waals surface area contributed by atoms with Gasteiger partial charge in [-0.1, -0.05) is 36.0 Å². The zero-order chi connectivity index (χ0) is 14.0. The third-order valence-corrected chi connectivity index (χ3v) is 3.28. The largest absolute Gasteiger partial charge is 0.389 e. The number of halogens is 2. The number of hydrogen-bond donors (Lipinski definition) is 2. The second kappa shape index (κ2) is 5.55. The van der Waals surface area contributed by atoms with Gasteiger partial charge >= 0.3 is 0 Å². The van der Waals surface area contributed by atoms with Gasteiger partial charge in [0.25, 0.3) is 0 Å². The summed E-state index contributed by atoms with van der Waals surface area (Å²) in [5.41, 5.74) is 8.56. The van der Waals surface area contributed by atoms with E-state index in [0.717, 1.165) is 11.3 Å². The summed E-state index contributed by atoms with van der Waals surface area (Å²) >= 11 is 11.1.